The lowest BCUT2D eigenvalue weighted by Crippen LogP contribution is -2.20. The minimum absolute atomic E-state index is 0.102. The zero-order chi connectivity index (χ0) is 17.6. The number of aliphatic hydroxyl groups excluding tert-OH is 1. The number of aromatic nitrogens is 2. The molecule has 2 heterocycles. The summed E-state index contributed by atoms with van der Waals surface area (Å²) in [7, 11) is 1.65. The fourth-order valence-corrected chi connectivity index (χ4v) is 3.37. The van der Waals surface area contributed by atoms with Crippen LogP contribution in [0.1, 0.15) is 5.56 Å². The number of pyridine rings is 2. The average molecular weight is 402 g/mol. The molecule has 2 N–H and O–H groups in total. The summed E-state index contributed by atoms with van der Waals surface area (Å²) < 4.78 is 6.18. The van der Waals surface area contributed by atoms with Gasteiger partial charge in [0.05, 0.1) is 23.3 Å². The zero-order valence-electron chi connectivity index (χ0n) is 13.9. The van der Waals surface area contributed by atoms with Gasteiger partial charge in [-0.2, -0.15) is 0 Å². The van der Waals surface area contributed by atoms with Crippen LogP contribution in [-0.2, 0) is 6.42 Å². The number of aliphatic hydroxyl groups is 1. The van der Waals surface area contributed by atoms with Crippen molar-refractivity contribution < 1.29 is 9.84 Å². The molecule has 3 aromatic rings. The van der Waals surface area contributed by atoms with E-state index in [4.69, 9.17) is 4.74 Å². The van der Waals surface area contributed by atoms with Crippen LogP contribution in [0.15, 0.2) is 53.4 Å². The van der Waals surface area contributed by atoms with Crippen molar-refractivity contribution in [2.75, 3.05) is 25.6 Å². The van der Waals surface area contributed by atoms with Gasteiger partial charge in [0.2, 0.25) is 0 Å². The summed E-state index contributed by atoms with van der Waals surface area (Å²) in [4.78, 5) is 8.41. The highest BCUT2D eigenvalue weighted by Crippen LogP contribution is 2.27. The number of hydrogen-bond acceptors (Lipinski definition) is 5. The highest BCUT2D eigenvalue weighted by atomic mass is 79.9. The highest BCUT2D eigenvalue weighted by molar-refractivity contribution is 9.10. The van der Waals surface area contributed by atoms with Gasteiger partial charge in [0, 0.05) is 42.5 Å². The van der Waals surface area contributed by atoms with E-state index in [9.17, 15) is 5.11 Å². The van der Waals surface area contributed by atoms with Crippen molar-refractivity contribution in [3.8, 4) is 5.75 Å². The van der Waals surface area contributed by atoms with E-state index in [1.54, 1.807) is 25.7 Å². The molecule has 130 valence electrons. The molecule has 0 aliphatic rings. The Morgan fingerprint density at radius 1 is 1.24 bits per heavy atom. The third kappa shape index (κ3) is 4.27. The van der Waals surface area contributed by atoms with E-state index in [2.05, 4.69) is 31.2 Å². The van der Waals surface area contributed by atoms with Gasteiger partial charge in [0.25, 0.3) is 0 Å². The number of rotatable bonds is 7. The van der Waals surface area contributed by atoms with Crippen molar-refractivity contribution >= 4 is 32.5 Å². The van der Waals surface area contributed by atoms with Crippen molar-refractivity contribution in [1.82, 2.24) is 9.97 Å². The number of halogens is 1. The Balaban J connectivity index is 1.69. The fraction of sp³-hybridized carbons (Fsp3) is 0.263. The van der Waals surface area contributed by atoms with Crippen molar-refractivity contribution in [3.05, 3.63) is 59.0 Å². The smallest absolute Gasteiger partial charge is 0.133 e. The van der Waals surface area contributed by atoms with Gasteiger partial charge in [0.15, 0.2) is 0 Å². The first-order chi connectivity index (χ1) is 12.2. The Kier molecular flexibility index (Phi) is 5.83. The molecule has 0 bridgehead atoms. The number of anilines is 1. The summed E-state index contributed by atoms with van der Waals surface area (Å²) in [5, 5.41) is 14.2. The number of methoxy groups -OCH3 is 1. The van der Waals surface area contributed by atoms with E-state index in [1.165, 1.54) is 0 Å². The topological polar surface area (TPSA) is 67.3 Å². The maximum atomic E-state index is 9.75. The lowest BCUT2D eigenvalue weighted by atomic mass is 9.99. The number of ether oxygens (including phenoxy) is 1. The standard InChI is InChI=1S/C19H20BrN3O2/c1-25-19-3-2-13(9-16(19)20)8-14(12-24)10-23-17-5-7-22-18-11-21-6-4-15(17)18/h2-7,9,11,14,24H,8,10,12H2,1H3,(H,22,23). The molecule has 0 fully saturated rings. The average Bonchev–Trinajstić information content (AvgIpc) is 2.65. The van der Waals surface area contributed by atoms with Crippen LogP contribution in [0, 0.1) is 5.92 Å². The van der Waals surface area contributed by atoms with Gasteiger partial charge in [-0.25, -0.2) is 0 Å². The van der Waals surface area contributed by atoms with Gasteiger partial charge in [-0.05, 0) is 52.2 Å². The normalized spacial score (nSPS) is 12.1. The molecule has 2 aromatic heterocycles. The predicted octanol–water partition coefficient (Wildman–Crippen LogP) is 3.66. The van der Waals surface area contributed by atoms with E-state index >= 15 is 0 Å². The summed E-state index contributed by atoms with van der Waals surface area (Å²) in [6.45, 7) is 0.781. The monoisotopic (exact) mass is 401 g/mol. The van der Waals surface area contributed by atoms with Crippen LogP contribution < -0.4 is 10.1 Å². The highest BCUT2D eigenvalue weighted by Gasteiger charge is 2.11. The molecular weight excluding hydrogens is 382 g/mol. The van der Waals surface area contributed by atoms with Gasteiger partial charge in [-0.3, -0.25) is 9.97 Å². The van der Waals surface area contributed by atoms with Crippen LogP contribution in [0.5, 0.6) is 5.75 Å². The van der Waals surface area contributed by atoms with Crippen molar-refractivity contribution in [1.29, 1.82) is 0 Å². The van der Waals surface area contributed by atoms with Crippen LogP contribution in [0.4, 0.5) is 5.69 Å². The van der Waals surface area contributed by atoms with Crippen LogP contribution in [0.25, 0.3) is 10.9 Å². The van der Waals surface area contributed by atoms with Crippen molar-refractivity contribution in [2.45, 2.75) is 6.42 Å². The maximum absolute atomic E-state index is 9.75. The number of benzene rings is 1. The minimum Gasteiger partial charge on any atom is -0.496 e. The number of hydrogen-bond donors (Lipinski definition) is 2. The Morgan fingerprint density at radius 2 is 2.12 bits per heavy atom. The molecule has 0 aliphatic heterocycles. The molecule has 25 heavy (non-hydrogen) atoms. The van der Waals surface area contributed by atoms with Crippen molar-refractivity contribution in [3.63, 3.8) is 0 Å². The summed E-state index contributed by atoms with van der Waals surface area (Å²) in [6.07, 6.45) is 6.05. The zero-order valence-corrected chi connectivity index (χ0v) is 15.5. The fourth-order valence-electron chi connectivity index (χ4n) is 2.78. The second kappa shape index (κ2) is 8.27. The van der Waals surface area contributed by atoms with E-state index in [-0.39, 0.29) is 12.5 Å². The lowest BCUT2D eigenvalue weighted by molar-refractivity contribution is 0.232. The van der Waals surface area contributed by atoms with Gasteiger partial charge < -0.3 is 15.2 Å². The molecule has 0 amide bonds. The molecular formula is C19H20BrN3O2. The quantitative estimate of drug-likeness (QED) is 0.632. The van der Waals surface area contributed by atoms with Gasteiger partial charge >= 0.3 is 0 Å². The van der Waals surface area contributed by atoms with Crippen molar-refractivity contribution in [2.24, 2.45) is 5.92 Å². The van der Waals surface area contributed by atoms with Crippen LogP contribution >= 0.6 is 15.9 Å². The Bertz CT molecular complexity index is 852. The molecule has 5 nitrogen and oxygen atoms in total. The maximum Gasteiger partial charge on any atom is 0.133 e. The first kappa shape index (κ1) is 17.6. The number of nitrogens with zero attached hydrogens (tertiary/aromatic N) is 2. The van der Waals surface area contributed by atoms with E-state index in [1.807, 2.05) is 30.3 Å². The van der Waals surface area contributed by atoms with Gasteiger partial charge in [0.1, 0.15) is 5.75 Å². The summed E-state index contributed by atoms with van der Waals surface area (Å²) in [5.74, 6) is 0.907. The van der Waals surface area contributed by atoms with Gasteiger partial charge in [-0.15, -0.1) is 0 Å². The summed E-state index contributed by atoms with van der Waals surface area (Å²) in [5.41, 5.74) is 3.01. The van der Waals surface area contributed by atoms with E-state index < -0.39 is 0 Å². The Hall–Kier alpha value is -2.18. The van der Waals surface area contributed by atoms with Crippen LogP contribution in [-0.4, -0.2) is 35.3 Å². The molecule has 3 rings (SSSR count). The number of fused-ring (bicyclic) bond motifs is 1. The largest absolute Gasteiger partial charge is 0.496 e. The molecule has 6 heteroatoms. The second-order valence-electron chi connectivity index (χ2n) is 5.85. The molecule has 0 spiro atoms. The summed E-state index contributed by atoms with van der Waals surface area (Å²) in [6, 6.07) is 9.89. The number of nitrogens with one attached hydrogen (secondary N) is 1. The molecule has 1 atom stereocenters. The predicted molar refractivity (Wildman–Crippen MR) is 103 cm³/mol. The third-order valence-corrected chi connectivity index (χ3v) is 4.74. The van der Waals surface area contributed by atoms with E-state index in [0.29, 0.717) is 6.54 Å². The second-order valence-corrected chi connectivity index (χ2v) is 6.71. The lowest BCUT2D eigenvalue weighted by Gasteiger charge is -2.17. The molecule has 1 aromatic carbocycles. The third-order valence-electron chi connectivity index (χ3n) is 4.13. The molecule has 0 radical (unpaired) electrons. The molecule has 0 saturated carbocycles. The minimum atomic E-state index is 0.102. The Morgan fingerprint density at radius 3 is 2.88 bits per heavy atom. The molecule has 1 unspecified atom stereocenters. The first-order valence-electron chi connectivity index (χ1n) is 8.07. The first-order valence-corrected chi connectivity index (χ1v) is 8.86. The Labute approximate surface area is 155 Å². The van der Waals surface area contributed by atoms with Crippen LogP contribution in [0.3, 0.4) is 0 Å². The molecule has 0 aliphatic carbocycles. The van der Waals surface area contributed by atoms with E-state index in [0.717, 1.165) is 38.8 Å². The SMILES string of the molecule is COc1ccc(CC(CO)CNc2ccnc3cnccc23)cc1Br. The van der Waals surface area contributed by atoms with Crippen LogP contribution in [0.2, 0.25) is 0 Å². The van der Waals surface area contributed by atoms with Gasteiger partial charge in [-0.1, -0.05) is 6.07 Å². The molecule has 0 saturated heterocycles. The summed E-state index contributed by atoms with van der Waals surface area (Å²) >= 11 is 3.51.